The molecule has 0 spiro atoms. The lowest BCUT2D eigenvalue weighted by Gasteiger charge is -2.39. The van der Waals surface area contributed by atoms with Gasteiger partial charge >= 0.3 is 17.9 Å². The first-order valence-electron chi connectivity index (χ1n) is 9.59. The second-order valence-electron chi connectivity index (χ2n) is 9.06. The molecule has 1 aliphatic rings. The Morgan fingerprint density at radius 1 is 0.893 bits per heavy atom. The number of rotatable bonds is 6. The maximum Gasteiger partial charge on any atom is 0.310 e. The standard InChI is InChI=1S/C21H34O7/c1-9-10-25-16-11-14(18(23)27-20(3,4)5)15(12-17(16)26-13(2)22)19(24)28-21(6,7)8/h9,14-17H,1,10-12H2,2-8H3/t14-,15-,16-,17-/m0/s1. The highest BCUT2D eigenvalue weighted by Gasteiger charge is 2.48. The first-order chi connectivity index (χ1) is 12.7. The Balaban J connectivity index is 3.16. The largest absolute Gasteiger partial charge is 0.460 e. The molecule has 0 saturated heterocycles. The number of hydrogen-bond acceptors (Lipinski definition) is 7. The van der Waals surface area contributed by atoms with Gasteiger partial charge in [0.05, 0.1) is 24.5 Å². The molecule has 0 aliphatic heterocycles. The van der Waals surface area contributed by atoms with Gasteiger partial charge in [-0.25, -0.2) is 0 Å². The highest BCUT2D eigenvalue weighted by Crippen LogP contribution is 2.37. The maximum atomic E-state index is 12.8. The number of carbonyl (C=O) groups is 3. The average molecular weight is 398 g/mol. The van der Waals surface area contributed by atoms with Crippen molar-refractivity contribution in [2.24, 2.45) is 11.8 Å². The van der Waals surface area contributed by atoms with E-state index in [0.29, 0.717) is 0 Å². The summed E-state index contributed by atoms with van der Waals surface area (Å²) in [4.78, 5) is 37.2. The minimum Gasteiger partial charge on any atom is -0.460 e. The highest BCUT2D eigenvalue weighted by atomic mass is 16.6. The van der Waals surface area contributed by atoms with Crippen LogP contribution in [-0.2, 0) is 33.3 Å². The minimum absolute atomic E-state index is 0.125. The summed E-state index contributed by atoms with van der Waals surface area (Å²) in [6.45, 7) is 15.7. The monoisotopic (exact) mass is 398 g/mol. The Morgan fingerprint density at radius 3 is 1.68 bits per heavy atom. The number of esters is 3. The second kappa shape index (κ2) is 9.54. The lowest BCUT2D eigenvalue weighted by Crippen LogP contribution is -2.49. The van der Waals surface area contributed by atoms with Gasteiger partial charge < -0.3 is 18.9 Å². The van der Waals surface area contributed by atoms with E-state index >= 15 is 0 Å². The van der Waals surface area contributed by atoms with Gasteiger partial charge in [-0.1, -0.05) is 6.08 Å². The Labute approximate surface area is 167 Å². The fourth-order valence-electron chi connectivity index (χ4n) is 3.11. The molecule has 0 radical (unpaired) electrons. The van der Waals surface area contributed by atoms with Crippen LogP contribution in [0.25, 0.3) is 0 Å². The average Bonchev–Trinajstić information content (AvgIpc) is 2.49. The van der Waals surface area contributed by atoms with Gasteiger partial charge in [0.1, 0.15) is 17.3 Å². The third kappa shape index (κ3) is 8.00. The van der Waals surface area contributed by atoms with E-state index < -0.39 is 53.2 Å². The van der Waals surface area contributed by atoms with E-state index in [1.807, 2.05) is 0 Å². The smallest absolute Gasteiger partial charge is 0.310 e. The molecule has 160 valence electrons. The summed E-state index contributed by atoms with van der Waals surface area (Å²) >= 11 is 0. The van der Waals surface area contributed by atoms with Crippen LogP contribution in [0.1, 0.15) is 61.3 Å². The Morgan fingerprint density at radius 2 is 1.32 bits per heavy atom. The van der Waals surface area contributed by atoms with Gasteiger partial charge in [0.15, 0.2) is 0 Å². The van der Waals surface area contributed by atoms with E-state index in [9.17, 15) is 14.4 Å². The van der Waals surface area contributed by atoms with E-state index in [1.165, 1.54) is 6.92 Å². The summed E-state index contributed by atoms with van der Waals surface area (Å²) in [7, 11) is 0. The lowest BCUT2D eigenvalue weighted by molar-refractivity contribution is -0.188. The van der Waals surface area contributed by atoms with Crippen LogP contribution in [0.3, 0.4) is 0 Å². The lowest BCUT2D eigenvalue weighted by atomic mass is 9.76. The van der Waals surface area contributed by atoms with E-state index in [2.05, 4.69) is 6.58 Å². The molecule has 0 amide bonds. The zero-order chi connectivity index (χ0) is 21.7. The van der Waals surface area contributed by atoms with Crippen molar-refractivity contribution in [2.45, 2.75) is 84.7 Å². The SMILES string of the molecule is C=CCO[C@H]1C[C@H](C(=O)OC(C)(C)C)[C@@H](C(=O)OC(C)(C)C)C[C@@H]1OC(C)=O. The Bertz CT molecular complexity index is 583. The van der Waals surface area contributed by atoms with Crippen LogP contribution in [-0.4, -0.2) is 47.9 Å². The molecule has 1 saturated carbocycles. The predicted octanol–water partition coefficient (Wildman–Crippen LogP) is 3.20. The van der Waals surface area contributed by atoms with E-state index in [-0.39, 0.29) is 19.4 Å². The van der Waals surface area contributed by atoms with Crippen molar-refractivity contribution in [3.05, 3.63) is 12.7 Å². The van der Waals surface area contributed by atoms with Crippen LogP contribution in [0.5, 0.6) is 0 Å². The molecular weight excluding hydrogens is 364 g/mol. The molecule has 0 heterocycles. The highest BCUT2D eigenvalue weighted by molar-refractivity contribution is 5.83. The zero-order valence-electron chi connectivity index (χ0n) is 18.1. The van der Waals surface area contributed by atoms with Gasteiger partial charge in [0.2, 0.25) is 0 Å². The second-order valence-corrected chi connectivity index (χ2v) is 9.06. The van der Waals surface area contributed by atoms with Crippen molar-refractivity contribution < 1.29 is 33.3 Å². The van der Waals surface area contributed by atoms with Gasteiger partial charge in [0.25, 0.3) is 0 Å². The summed E-state index contributed by atoms with van der Waals surface area (Å²) in [5.41, 5.74) is -1.40. The summed E-state index contributed by atoms with van der Waals surface area (Å²) < 4.78 is 22.2. The molecule has 0 N–H and O–H groups in total. The maximum absolute atomic E-state index is 12.8. The van der Waals surface area contributed by atoms with Crippen molar-refractivity contribution in [1.29, 1.82) is 0 Å². The summed E-state index contributed by atoms with van der Waals surface area (Å²) in [6, 6.07) is 0. The Kier molecular flexibility index (Phi) is 8.23. The number of carbonyl (C=O) groups excluding carboxylic acids is 3. The molecule has 1 aliphatic carbocycles. The minimum atomic E-state index is -0.790. The third-order valence-electron chi connectivity index (χ3n) is 4.04. The van der Waals surface area contributed by atoms with Crippen molar-refractivity contribution in [2.75, 3.05) is 6.61 Å². The molecule has 0 aromatic heterocycles. The molecular formula is C21H34O7. The summed E-state index contributed by atoms with van der Waals surface area (Å²) in [5.74, 6) is -3.02. The van der Waals surface area contributed by atoms with E-state index in [0.717, 1.165) is 0 Å². The van der Waals surface area contributed by atoms with Crippen molar-refractivity contribution in [1.82, 2.24) is 0 Å². The molecule has 28 heavy (non-hydrogen) atoms. The van der Waals surface area contributed by atoms with E-state index in [4.69, 9.17) is 18.9 Å². The predicted molar refractivity (Wildman–Crippen MR) is 103 cm³/mol. The van der Waals surface area contributed by atoms with Gasteiger partial charge in [0, 0.05) is 13.3 Å². The molecule has 4 atom stereocenters. The van der Waals surface area contributed by atoms with Crippen LogP contribution >= 0.6 is 0 Å². The first kappa shape index (κ1) is 24.1. The molecule has 0 bridgehead atoms. The van der Waals surface area contributed by atoms with Gasteiger partial charge in [-0.15, -0.1) is 6.58 Å². The number of hydrogen-bond donors (Lipinski definition) is 0. The van der Waals surface area contributed by atoms with Gasteiger partial charge in [-0.2, -0.15) is 0 Å². The molecule has 1 rings (SSSR count). The zero-order valence-corrected chi connectivity index (χ0v) is 18.1. The van der Waals surface area contributed by atoms with Crippen LogP contribution in [0.15, 0.2) is 12.7 Å². The Hall–Kier alpha value is -1.89. The van der Waals surface area contributed by atoms with Gasteiger partial charge in [-0.3, -0.25) is 14.4 Å². The molecule has 7 nitrogen and oxygen atoms in total. The van der Waals surface area contributed by atoms with Crippen LogP contribution in [0, 0.1) is 11.8 Å². The molecule has 0 aromatic carbocycles. The normalized spacial score (nSPS) is 25.5. The van der Waals surface area contributed by atoms with Crippen molar-refractivity contribution >= 4 is 17.9 Å². The van der Waals surface area contributed by atoms with Crippen LogP contribution < -0.4 is 0 Å². The van der Waals surface area contributed by atoms with Crippen LogP contribution in [0.4, 0.5) is 0 Å². The topological polar surface area (TPSA) is 88.1 Å². The molecule has 1 fully saturated rings. The molecule has 7 heteroatoms. The van der Waals surface area contributed by atoms with Crippen molar-refractivity contribution in [3.8, 4) is 0 Å². The fraction of sp³-hybridized carbons (Fsp3) is 0.762. The van der Waals surface area contributed by atoms with E-state index in [1.54, 1.807) is 47.6 Å². The fourth-order valence-corrected chi connectivity index (χ4v) is 3.11. The quantitative estimate of drug-likeness (QED) is 0.386. The summed E-state index contributed by atoms with van der Waals surface area (Å²) in [6.07, 6.45) is 0.685. The first-order valence-corrected chi connectivity index (χ1v) is 9.59. The van der Waals surface area contributed by atoms with Crippen LogP contribution in [0.2, 0.25) is 0 Å². The number of ether oxygens (including phenoxy) is 4. The van der Waals surface area contributed by atoms with Gasteiger partial charge in [-0.05, 0) is 48.0 Å². The molecule has 0 aromatic rings. The molecule has 0 unspecified atom stereocenters. The summed E-state index contributed by atoms with van der Waals surface area (Å²) in [5, 5.41) is 0. The third-order valence-corrected chi connectivity index (χ3v) is 4.04. The van der Waals surface area contributed by atoms with Crippen molar-refractivity contribution in [3.63, 3.8) is 0 Å².